The van der Waals surface area contributed by atoms with Crippen LogP contribution in [0.15, 0.2) is 16.4 Å². The van der Waals surface area contributed by atoms with Gasteiger partial charge in [0.25, 0.3) is 5.56 Å². The zero-order valence-corrected chi connectivity index (χ0v) is 13.8. The van der Waals surface area contributed by atoms with Crippen LogP contribution in [0.4, 0.5) is 5.69 Å². The van der Waals surface area contributed by atoms with Gasteiger partial charge in [0.1, 0.15) is 5.02 Å². The summed E-state index contributed by atoms with van der Waals surface area (Å²) < 4.78 is 1.42. The van der Waals surface area contributed by atoms with Crippen molar-refractivity contribution in [3.8, 4) is 0 Å². The largest absolute Gasteiger partial charge is 0.382 e. The molecule has 0 bridgehead atoms. The first-order chi connectivity index (χ1) is 10.1. The van der Waals surface area contributed by atoms with Gasteiger partial charge in [0.15, 0.2) is 0 Å². The van der Waals surface area contributed by atoms with E-state index < -0.39 is 0 Å². The lowest BCUT2D eigenvalue weighted by molar-refractivity contribution is 0.543. The summed E-state index contributed by atoms with van der Waals surface area (Å²) >= 11 is 7.75. The second-order valence-electron chi connectivity index (χ2n) is 4.79. The Kier molecular flexibility index (Phi) is 5.76. The van der Waals surface area contributed by atoms with Gasteiger partial charge in [-0.1, -0.05) is 24.9 Å². The molecule has 0 aromatic carbocycles. The number of aromatic nitrogens is 3. The van der Waals surface area contributed by atoms with E-state index in [2.05, 4.69) is 22.3 Å². The normalized spacial score (nSPS) is 10.8. The van der Waals surface area contributed by atoms with Crippen LogP contribution in [-0.2, 0) is 13.0 Å². The maximum Gasteiger partial charge on any atom is 0.287 e. The molecule has 0 amide bonds. The van der Waals surface area contributed by atoms with Crippen molar-refractivity contribution in [2.24, 2.45) is 0 Å². The number of rotatable bonds is 7. The number of halogens is 1. The van der Waals surface area contributed by atoms with Crippen LogP contribution >= 0.6 is 22.9 Å². The molecule has 0 aliphatic heterocycles. The lowest BCUT2D eigenvalue weighted by Gasteiger charge is -2.09. The molecule has 0 spiro atoms. The maximum atomic E-state index is 12.0. The Balaban J connectivity index is 1.97. The third kappa shape index (κ3) is 4.28. The number of aryl methyl sites for hydroxylation is 2. The Morgan fingerprint density at radius 3 is 2.95 bits per heavy atom. The molecular weight excluding hydrogens is 308 g/mol. The number of hydrogen-bond donors (Lipinski definition) is 1. The van der Waals surface area contributed by atoms with Gasteiger partial charge >= 0.3 is 0 Å². The molecule has 0 saturated carbocycles. The third-order valence-electron chi connectivity index (χ3n) is 3.07. The Morgan fingerprint density at radius 1 is 1.48 bits per heavy atom. The maximum absolute atomic E-state index is 12.0. The molecule has 2 aromatic heterocycles. The minimum atomic E-state index is -0.236. The molecule has 21 heavy (non-hydrogen) atoms. The summed E-state index contributed by atoms with van der Waals surface area (Å²) in [6.45, 7) is 5.33. The first-order valence-corrected chi connectivity index (χ1v) is 8.28. The standard InChI is InChI=1S/C14H19ClN4OS/c1-3-4-7-19-14(20)13(15)12(8-17-19)16-6-5-11-9-21-10(2)18-11/h8-9,16H,3-7H2,1-2H3. The van der Waals surface area contributed by atoms with Crippen LogP contribution in [0.5, 0.6) is 0 Å². The van der Waals surface area contributed by atoms with Crippen molar-refractivity contribution >= 4 is 28.6 Å². The SMILES string of the molecule is CCCCn1ncc(NCCc2csc(C)n2)c(Cl)c1=O. The predicted octanol–water partition coefficient (Wildman–Crippen LogP) is 3.12. The quantitative estimate of drug-likeness (QED) is 0.849. The van der Waals surface area contributed by atoms with Crippen LogP contribution in [0.25, 0.3) is 0 Å². The molecule has 2 rings (SSSR count). The Hall–Kier alpha value is -1.40. The van der Waals surface area contributed by atoms with Gasteiger partial charge in [0, 0.05) is 24.9 Å². The molecule has 114 valence electrons. The van der Waals surface area contributed by atoms with Crippen LogP contribution in [0.2, 0.25) is 5.02 Å². The van der Waals surface area contributed by atoms with E-state index in [9.17, 15) is 4.79 Å². The summed E-state index contributed by atoms with van der Waals surface area (Å²) in [6, 6.07) is 0. The molecule has 1 N–H and O–H groups in total. The van der Waals surface area contributed by atoms with Crippen LogP contribution in [-0.4, -0.2) is 21.3 Å². The van der Waals surface area contributed by atoms with E-state index in [1.54, 1.807) is 17.5 Å². The summed E-state index contributed by atoms with van der Waals surface area (Å²) in [6.07, 6.45) is 4.34. The molecule has 0 unspecified atom stereocenters. The summed E-state index contributed by atoms with van der Waals surface area (Å²) in [5, 5.41) is 10.6. The van der Waals surface area contributed by atoms with Crippen LogP contribution in [0, 0.1) is 6.92 Å². The molecule has 2 aromatic rings. The number of nitrogens with one attached hydrogen (secondary N) is 1. The molecule has 0 saturated heterocycles. The highest BCUT2D eigenvalue weighted by Crippen LogP contribution is 2.16. The molecule has 2 heterocycles. The average Bonchev–Trinajstić information content (AvgIpc) is 2.88. The van der Waals surface area contributed by atoms with Gasteiger partial charge in [-0.15, -0.1) is 11.3 Å². The first kappa shape index (κ1) is 16.0. The summed E-state index contributed by atoms with van der Waals surface area (Å²) in [4.78, 5) is 16.4. The van der Waals surface area contributed by atoms with Gasteiger partial charge in [0.05, 0.1) is 22.6 Å². The number of anilines is 1. The molecule has 5 nitrogen and oxygen atoms in total. The van der Waals surface area contributed by atoms with Crippen molar-refractivity contribution in [2.75, 3.05) is 11.9 Å². The van der Waals surface area contributed by atoms with E-state index in [4.69, 9.17) is 11.6 Å². The second kappa shape index (κ2) is 7.56. The van der Waals surface area contributed by atoms with Gasteiger partial charge in [0.2, 0.25) is 0 Å². The van der Waals surface area contributed by atoms with E-state index in [0.717, 1.165) is 30.0 Å². The number of thiazole rings is 1. The van der Waals surface area contributed by atoms with Crippen LogP contribution in [0.1, 0.15) is 30.5 Å². The van der Waals surface area contributed by atoms with Crippen LogP contribution in [0.3, 0.4) is 0 Å². The third-order valence-corrected chi connectivity index (χ3v) is 4.26. The highest BCUT2D eigenvalue weighted by molar-refractivity contribution is 7.09. The fourth-order valence-corrected chi connectivity index (χ4v) is 2.76. The summed E-state index contributed by atoms with van der Waals surface area (Å²) in [5.41, 5.74) is 1.39. The first-order valence-electron chi connectivity index (χ1n) is 7.02. The van der Waals surface area contributed by atoms with Crippen molar-refractivity contribution in [1.29, 1.82) is 0 Å². The monoisotopic (exact) mass is 326 g/mol. The smallest absolute Gasteiger partial charge is 0.287 e. The molecule has 0 aliphatic carbocycles. The zero-order chi connectivity index (χ0) is 15.2. The van der Waals surface area contributed by atoms with Crippen LogP contribution < -0.4 is 10.9 Å². The predicted molar refractivity (Wildman–Crippen MR) is 87.5 cm³/mol. The Morgan fingerprint density at radius 2 is 2.29 bits per heavy atom. The topological polar surface area (TPSA) is 59.8 Å². The molecule has 0 radical (unpaired) electrons. The van der Waals surface area contributed by atoms with E-state index in [0.29, 0.717) is 18.8 Å². The molecule has 0 atom stereocenters. The highest BCUT2D eigenvalue weighted by atomic mass is 35.5. The lowest BCUT2D eigenvalue weighted by Crippen LogP contribution is -2.24. The summed E-state index contributed by atoms with van der Waals surface area (Å²) in [7, 11) is 0. The zero-order valence-electron chi connectivity index (χ0n) is 12.2. The minimum Gasteiger partial charge on any atom is -0.382 e. The number of hydrogen-bond acceptors (Lipinski definition) is 5. The molecule has 0 fully saturated rings. The van der Waals surface area contributed by atoms with Crippen molar-refractivity contribution in [3.05, 3.63) is 37.7 Å². The van der Waals surface area contributed by atoms with Crippen molar-refractivity contribution in [3.63, 3.8) is 0 Å². The van der Waals surface area contributed by atoms with E-state index >= 15 is 0 Å². The van der Waals surface area contributed by atoms with E-state index in [1.807, 2.05) is 12.3 Å². The van der Waals surface area contributed by atoms with Gasteiger partial charge < -0.3 is 5.32 Å². The Bertz CT molecular complexity index is 653. The highest BCUT2D eigenvalue weighted by Gasteiger charge is 2.09. The molecular formula is C14H19ClN4OS. The van der Waals surface area contributed by atoms with Crippen molar-refractivity contribution in [2.45, 2.75) is 39.7 Å². The van der Waals surface area contributed by atoms with E-state index in [-0.39, 0.29) is 10.6 Å². The van der Waals surface area contributed by atoms with Crippen molar-refractivity contribution < 1.29 is 0 Å². The van der Waals surface area contributed by atoms with Gasteiger partial charge in [-0.25, -0.2) is 9.67 Å². The van der Waals surface area contributed by atoms with E-state index in [1.165, 1.54) is 4.68 Å². The minimum absolute atomic E-state index is 0.204. The lowest BCUT2D eigenvalue weighted by atomic mass is 10.3. The van der Waals surface area contributed by atoms with Crippen molar-refractivity contribution in [1.82, 2.24) is 14.8 Å². The average molecular weight is 327 g/mol. The summed E-state index contributed by atoms with van der Waals surface area (Å²) in [5.74, 6) is 0. The fourth-order valence-electron chi connectivity index (χ4n) is 1.90. The van der Waals surface area contributed by atoms with Gasteiger partial charge in [-0.05, 0) is 13.3 Å². The second-order valence-corrected chi connectivity index (χ2v) is 6.23. The molecule has 0 aliphatic rings. The fraction of sp³-hybridized carbons (Fsp3) is 0.500. The van der Waals surface area contributed by atoms with Gasteiger partial charge in [-0.3, -0.25) is 4.79 Å². The number of unbranched alkanes of at least 4 members (excludes halogenated alkanes) is 1. The molecule has 7 heteroatoms. The number of nitrogens with zero attached hydrogens (tertiary/aromatic N) is 3. The van der Waals surface area contributed by atoms with Gasteiger partial charge in [-0.2, -0.15) is 5.10 Å². The Labute approximate surface area is 133 Å².